The summed E-state index contributed by atoms with van der Waals surface area (Å²) in [5.74, 6) is 0. The number of hydrogen-bond acceptors (Lipinski definition) is 0. The third-order valence-corrected chi connectivity index (χ3v) is 5.58. The van der Waals surface area contributed by atoms with E-state index in [-0.39, 0.29) is 11.0 Å². The van der Waals surface area contributed by atoms with Crippen LogP contribution in [-0.2, 0) is 11.0 Å². The molecule has 0 bridgehead atoms. The van der Waals surface area contributed by atoms with Crippen molar-refractivity contribution in [1.29, 1.82) is 0 Å². The lowest BCUT2D eigenvalue weighted by atomic mass is 9.52. The molecule has 2 aromatic rings. The van der Waals surface area contributed by atoms with E-state index in [9.17, 15) is 0 Å². The highest BCUT2D eigenvalue weighted by Gasteiger charge is 2.64. The number of aromatic nitrogens is 1. The van der Waals surface area contributed by atoms with Gasteiger partial charge in [-0.15, -0.1) is 0 Å². The number of allylic oxidation sites excluding steroid dienone is 2. The highest BCUT2D eigenvalue weighted by Crippen LogP contribution is 2.57. The zero-order chi connectivity index (χ0) is 14.5. The van der Waals surface area contributed by atoms with Gasteiger partial charge in [-0.25, -0.2) is 0 Å². The summed E-state index contributed by atoms with van der Waals surface area (Å²) in [5.41, 5.74) is 4.56. The van der Waals surface area contributed by atoms with Crippen LogP contribution in [0.4, 0.5) is 0 Å². The molecule has 4 rings (SSSR count). The van der Waals surface area contributed by atoms with E-state index in [0.717, 1.165) is 6.42 Å². The molecule has 1 aromatic carbocycles. The van der Waals surface area contributed by atoms with Gasteiger partial charge in [-0.1, -0.05) is 38.1 Å². The van der Waals surface area contributed by atoms with Crippen LogP contribution in [0.5, 0.6) is 0 Å². The molecule has 2 atom stereocenters. The van der Waals surface area contributed by atoms with Gasteiger partial charge >= 0.3 is 0 Å². The van der Waals surface area contributed by atoms with Gasteiger partial charge in [-0.3, -0.25) is 0 Å². The molecule has 1 nitrogen and oxygen atoms in total. The predicted molar refractivity (Wildman–Crippen MR) is 86.1 cm³/mol. The van der Waals surface area contributed by atoms with Crippen molar-refractivity contribution in [3.8, 4) is 11.3 Å². The highest BCUT2D eigenvalue weighted by molar-refractivity contribution is 5.68. The molecule has 0 amide bonds. The van der Waals surface area contributed by atoms with Gasteiger partial charge < -0.3 is 0 Å². The summed E-state index contributed by atoms with van der Waals surface area (Å²) < 4.78 is 2.53. The summed E-state index contributed by atoms with van der Waals surface area (Å²) in [6.07, 6.45) is 10.7. The SMILES string of the molecule is CCCC12C=CC1(CC)c1ccccc1-c1cccc[n+]12. The Kier molecular flexibility index (Phi) is 2.63. The van der Waals surface area contributed by atoms with Gasteiger partial charge in [-0.05, 0) is 36.6 Å². The van der Waals surface area contributed by atoms with E-state index < -0.39 is 0 Å². The highest BCUT2D eigenvalue weighted by atomic mass is 15.1. The molecule has 1 aliphatic heterocycles. The first-order chi connectivity index (χ1) is 10.3. The van der Waals surface area contributed by atoms with Crippen molar-refractivity contribution >= 4 is 0 Å². The lowest BCUT2D eigenvalue weighted by Gasteiger charge is -2.52. The summed E-state index contributed by atoms with van der Waals surface area (Å²) in [5, 5.41) is 0. The molecular weight excluding hydrogens is 254 g/mol. The van der Waals surface area contributed by atoms with E-state index >= 15 is 0 Å². The molecule has 1 aromatic heterocycles. The van der Waals surface area contributed by atoms with Gasteiger partial charge in [0.05, 0.1) is 11.0 Å². The van der Waals surface area contributed by atoms with Crippen LogP contribution in [0, 0.1) is 0 Å². The molecule has 2 aliphatic rings. The minimum Gasteiger partial charge on any atom is -0.188 e. The second kappa shape index (κ2) is 4.30. The van der Waals surface area contributed by atoms with E-state index in [4.69, 9.17) is 0 Å². The third kappa shape index (κ3) is 1.35. The second-order valence-corrected chi connectivity index (χ2v) is 6.33. The van der Waals surface area contributed by atoms with Gasteiger partial charge in [0, 0.05) is 18.6 Å². The van der Waals surface area contributed by atoms with Crippen LogP contribution in [0.2, 0.25) is 0 Å². The van der Waals surface area contributed by atoms with E-state index in [1.165, 1.54) is 29.7 Å². The first-order valence-electron chi connectivity index (χ1n) is 8.10. The fourth-order valence-electron chi connectivity index (χ4n) is 4.62. The molecular formula is C20H22N+. The van der Waals surface area contributed by atoms with Crippen molar-refractivity contribution < 1.29 is 4.57 Å². The Labute approximate surface area is 127 Å². The zero-order valence-electron chi connectivity index (χ0n) is 12.8. The van der Waals surface area contributed by atoms with Crippen molar-refractivity contribution in [3.63, 3.8) is 0 Å². The second-order valence-electron chi connectivity index (χ2n) is 6.33. The predicted octanol–water partition coefficient (Wildman–Crippen LogP) is 4.37. The fourth-order valence-corrected chi connectivity index (χ4v) is 4.62. The molecule has 1 aliphatic carbocycles. The average molecular weight is 276 g/mol. The first kappa shape index (κ1) is 12.8. The maximum absolute atomic E-state index is 2.53. The molecule has 2 unspecified atom stereocenters. The number of fused-ring (bicyclic) bond motifs is 6. The average Bonchev–Trinajstić information content (AvgIpc) is 2.52. The topological polar surface area (TPSA) is 3.88 Å². The molecule has 1 heteroatoms. The molecule has 0 N–H and O–H groups in total. The summed E-state index contributed by atoms with van der Waals surface area (Å²) in [6.45, 7) is 4.63. The smallest absolute Gasteiger partial charge is 0.188 e. The fraction of sp³-hybridized carbons (Fsp3) is 0.350. The van der Waals surface area contributed by atoms with E-state index in [1.807, 2.05) is 0 Å². The largest absolute Gasteiger partial charge is 0.213 e. The lowest BCUT2D eigenvalue weighted by molar-refractivity contribution is -0.759. The molecule has 0 fully saturated rings. The van der Waals surface area contributed by atoms with Gasteiger partial charge in [-0.2, -0.15) is 4.57 Å². The van der Waals surface area contributed by atoms with Gasteiger partial charge in [0.25, 0.3) is 0 Å². The van der Waals surface area contributed by atoms with Crippen molar-refractivity contribution in [2.45, 2.75) is 44.1 Å². The first-order valence-corrected chi connectivity index (χ1v) is 8.10. The summed E-state index contributed by atoms with van der Waals surface area (Å²) in [4.78, 5) is 0. The summed E-state index contributed by atoms with van der Waals surface area (Å²) in [6, 6.07) is 15.6. The number of rotatable bonds is 3. The number of benzene rings is 1. The molecule has 2 heterocycles. The molecule has 0 radical (unpaired) electrons. The van der Waals surface area contributed by atoms with E-state index in [2.05, 4.69) is 79.2 Å². The Balaban J connectivity index is 2.10. The Morgan fingerprint density at radius 2 is 1.76 bits per heavy atom. The van der Waals surface area contributed by atoms with Gasteiger partial charge in [0.2, 0.25) is 5.69 Å². The summed E-state index contributed by atoms with van der Waals surface area (Å²) >= 11 is 0. The molecule has 0 saturated heterocycles. The van der Waals surface area contributed by atoms with Crippen molar-refractivity contribution in [3.05, 3.63) is 66.4 Å². The van der Waals surface area contributed by atoms with Crippen LogP contribution in [0.3, 0.4) is 0 Å². The van der Waals surface area contributed by atoms with Crippen LogP contribution in [0.15, 0.2) is 60.8 Å². The minimum absolute atomic E-state index is 0.126. The van der Waals surface area contributed by atoms with Gasteiger partial charge in [0.1, 0.15) is 0 Å². The maximum atomic E-state index is 2.53. The van der Waals surface area contributed by atoms with E-state index in [1.54, 1.807) is 0 Å². The Bertz CT molecular complexity index is 730. The van der Waals surface area contributed by atoms with Crippen molar-refractivity contribution in [2.24, 2.45) is 0 Å². The number of pyridine rings is 1. The monoisotopic (exact) mass is 276 g/mol. The quantitative estimate of drug-likeness (QED) is 0.579. The van der Waals surface area contributed by atoms with Crippen LogP contribution < -0.4 is 4.57 Å². The molecule has 0 spiro atoms. The van der Waals surface area contributed by atoms with E-state index in [0.29, 0.717) is 0 Å². The van der Waals surface area contributed by atoms with Crippen molar-refractivity contribution in [2.75, 3.05) is 0 Å². The summed E-state index contributed by atoms with van der Waals surface area (Å²) in [7, 11) is 0. The minimum atomic E-state index is 0.126. The normalized spacial score (nSPS) is 28.3. The Morgan fingerprint density at radius 3 is 2.48 bits per heavy atom. The molecule has 0 saturated carbocycles. The Morgan fingerprint density at radius 1 is 0.952 bits per heavy atom. The van der Waals surface area contributed by atoms with Crippen LogP contribution in [0.1, 0.15) is 38.7 Å². The lowest BCUT2D eigenvalue weighted by Crippen LogP contribution is -2.72. The third-order valence-electron chi connectivity index (χ3n) is 5.58. The van der Waals surface area contributed by atoms with Crippen molar-refractivity contribution in [1.82, 2.24) is 0 Å². The van der Waals surface area contributed by atoms with Crippen LogP contribution in [0.25, 0.3) is 11.3 Å². The van der Waals surface area contributed by atoms with Gasteiger partial charge in [0.15, 0.2) is 11.7 Å². The molecule has 106 valence electrons. The maximum Gasteiger partial charge on any atom is 0.213 e. The van der Waals surface area contributed by atoms with Crippen LogP contribution >= 0.6 is 0 Å². The molecule has 21 heavy (non-hydrogen) atoms. The standard InChI is InChI=1S/C20H22N/c1-3-12-20-14-13-19(20,4-2)17-10-6-5-9-16(17)18-11-7-8-15-21(18)20/h5-11,13-15H,3-4,12H2,1-2H3/q+1. The number of nitrogens with zero attached hydrogens (tertiary/aromatic N) is 1. The van der Waals surface area contributed by atoms with Crippen LogP contribution in [-0.4, -0.2) is 0 Å². The number of hydrogen-bond donors (Lipinski definition) is 0. The Hall–Kier alpha value is -1.89. The zero-order valence-corrected chi connectivity index (χ0v) is 12.8.